The third-order valence-corrected chi connectivity index (χ3v) is 2.76. The molecule has 0 amide bonds. The lowest BCUT2D eigenvalue weighted by molar-refractivity contribution is -0.138. The smallest absolute Gasteiger partial charge is 0.416 e. The van der Waals surface area contributed by atoms with Gasteiger partial charge in [0.1, 0.15) is 6.04 Å². The monoisotopic (exact) mass is 275 g/mol. The summed E-state index contributed by atoms with van der Waals surface area (Å²) in [6.45, 7) is 3.18. The van der Waals surface area contributed by atoms with E-state index in [1.54, 1.807) is 0 Å². The van der Waals surface area contributed by atoms with Crippen molar-refractivity contribution in [2.24, 2.45) is 0 Å². The van der Waals surface area contributed by atoms with Gasteiger partial charge in [0.25, 0.3) is 0 Å². The van der Waals surface area contributed by atoms with Gasteiger partial charge in [-0.05, 0) is 31.0 Å². The highest BCUT2D eigenvalue weighted by Gasteiger charge is 2.32. The van der Waals surface area contributed by atoms with E-state index < -0.39 is 23.8 Å². The first-order valence-electron chi connectivity index (χ1n) is 5.93. The molecule has 1 unspecified atom stereocenters. The average molecular weight is 275 g/mol. The fourth-order valence-electron chi connectivity index (χ4n) is 1.76. The van der Waals surface area contributed by atoms with Crippen LogP contribution in [-0.2, 0) is 11.0 Å². The molecule has 106 valence electrons. The molecular weight excluding hydrogens is 259 g/mol. The van der Waals surface area contributed by atoms with Crippen molar-refractivity contribution in [2.75, 3.05) is 5.32 Å². The van der Waals surface area contributed by atoms with E-state index in [0.717, 1.165) is 6.07 Å². The number of carbonyl (C=O) groups is 1. The van der Waals surface area contributed by atoms with Crippen LogP contribution in [0, 0.1) is 6.92 Å². The molecule has 0 spiro atoms. The molecule has 0 bridgehead atoms. The minimum Gasteiger partial charge on any atom is -0.480 e. The molecule has 0 heterocycles. The summed E-state index contributed by atoms with van der Waals surface area (Å²) < 4.78 is 38.2. The van der Waals surface area contributed by atoms with Gasteiger partial charge in [0, 0.05) is 5.69 Å². The molecule has 1 atom stereocenters. The van der Waals surface area contributed by atoms with Crippen molar-refractivity contribution in [3.05, 3.63) is 29.3 Å². The Hall–Kier alpha value is -1.72. The summed E-state index contributed by atoms with van der Waals surface area (Å²) in [5, 5.41) is 11.6. The number of hydrogen-bond acceptors (Lipinski definition) is 2. The maximum Gasteiger partial charge on any atom is 0.416 e. The fraction of sp³-hybridized carbons (Fsp3) is 0.462. The Morgan fingerprint density at radius 3 is 2.53 bits per heavy atom. The van der Waals surface area contributed by atoms with Crippen LogP contribution in [0.4, 0.5) is 18.9 Å². The van der Waals surface area contributed by atoms with Crippen LogP contribution in [0.5, 0.6) is 0 Å². The van der Waals surface area contributed by atoms with Crippen molar-refractivity contribution >= 4 is 11.7 Å². The molecule has 0 saturated carbocycles. The van der Waals surface area contributed by atoms with Gasteiger partial charge in [-0.3, -0.25) is 0 Å². The number of hydrogen-bond donors (Lipinski definition) is 2. The lowest BCUT2D eigenvalue weighted by Gasteiger charge is -2.17. The summed E-state index contributed by atoms with van der Waals surface area (Å²) in [5.41, 5.74) is -0.475. The van der Waals surface area contributed by atoms with Gasteiger partial charge >= 0.3 is 12.1 Å². The van der Waals surface area contributed by atoms with Crippen LogP contribution in [0.15, 0.2) is 18.2 Å². The predicted octanol–water partition coefficient (Wildman–Crippen LogP) is 3.68. The van der Waals surface area contributed by atoms with Crippen LogP contribution in [-0.4, -0.2) is 17.1 Å². The summed E-state index contributed by atoms with van der Waals surface area (Å²) in [6, 6.07) is 2.85. The Bertz CT molecular complexity index is 458. The van der Waals surface area contributed by atoms with Gasteiger partial charge < -0.3 is 10.4 Å². The van der Waals surface area contributed by atoms with Gasteiger partial charge in [-0.15, -0.1) is 0 Å². The molecule has 0 radical (unpaired) electrons. The first-order valence-corrected chi connectivity index (χ1v) is 5.93. The van der Waals surface area contributed by atoms with E-state index in [2.05, 4.69) is 5.32 Å². The fourth-order valence-corrected chi connectivity index (χ4v) is 1.76. The first kappa shape index (κ1) is 15.3. The second kappa shape index (κ2) is 5.95. The molecule has 6 heteroatoms. The molecule has 0 aliphatic carbocycles. The minimum atomic E-state index is -4.44. The number of carboxylic acids is 1. The van der Waals surface area contributed by atoms with E-state index in [1.165, 1.54) is 19.1 Å². The number of nitrogens with one attached hydrogen (secondary N) is 1. The molecule has 1 aromatic rings. The molecule has 0 aliphatic rings. The van der Waals surface area contributed by atoms with Crippen LogP contribution in [0.2, 0.25) is 0 Å². The van der Waals surface area contributed by atoms with Crippen molar-refractivity contribution in [2.45, 2.75) is 38.9 Å². The second-order valence-electron chi connectivity index (χ2n) is 4.35. The van der Waals surface area contributed by atoms with Crippen LogP contribution in [0.3, 0.4) is 0 Å². The van der Waals surface area contributed by atoms with Gasteiger partial charge in [0.05, 0.1) is 5.56 Å². The van der Waals surface area contributed by atoms with Gasteiger partial charge in [0.15, 0.2) is 0 Å². The number of aryl methyl sites for hydroxylation is 1. The largest absolute Gasteiger partial charge is 0.480 e. The highest BCUT2D eigenvalue weighted by atomic mass is 19.4. The van der Waals surface area contributed by atoms with Crippen molar-refractivity contribution in [3.8, 4) is 0 Å². The lowest BCUT2D eigenvalue weighted by Crippen LogP contribution is -2.29. The lowest BCUT2D eigenvalue weighted by atomic mass is 10.1. The molecule has 0 fully saturated rings. The van der Waals surface area contributed by atoms with E-state index in [-0.39, 0.29) is 11.3 Å². The van der Waals surface area contributed by atoms with Gasteiger partial charge in [-0.1, -0.05) is 19.4 Å². The van der Waals surface area contributed by atoms with Crippen molar-refractivity contribution in [1.29, 1.82) is 0 Å². The van der Waals surface area contributed by atoms with E-state index in [0.29, 0.717) is 12.8 Å². The van der Waals surface area contributed by atoms with Gasteiger partial charge in [-0.25, -0.2) is 4.79 Å². The average Bonchev–Trinajstić information content (AvgIpc) is 2.29. The maximum absolute atomic E-state index is 12.7. The number of carboxylic acid groups (broad SMARTS) is 1. The number of anilines is 1. The predicted molar refractivity (Wildman–Crippen MR) is 66.1 cm³/mol. The summed E-state index contributed by atoms with van der Waals surface area (Å²) in [7, 11) is 0. The first-order chi connectivity index (χ1) is 8.75. The van der Waals surface area contributed by atoms with E-state index >= 15 is 0 Å². The molecule has 0 aromatic heterocycles. The topological polar surface area (TPSA) is 49.3 Å². The summed E-state index contributed by atoms with van der Waals surface area (Å²) in [6.07, 6.45) is -3.46. The zero-order valence-corrected chi connectivity index (χ0v) is 10.7. The third-order valence-electron chi connectivity index (χ3n) is 2.76. The summed E-state index contributed by atoms with van der Waals surface area (Å²) in [4.78, 5) is 11.0. The standard InChI is InChI=1S/C13H16F3NO2/c1-3-4-11(12(18)19)17-9-6-5-8(2)10(7-9)13(14,15)16/h5-7,11,17H,3-4H2,1-2H3,(H,18,19). The number of benzene rings is 1. The van der Waals surface area contributed by atoms with Crippen molar-refractivity contribution in [1.82, 2.24) is 0 Å². The number of rotatable bonds is 5. The molecule has 1 aromatic carbocycles. The second-order valence-corrected chi connectivity index (χ2v) is 4.35. The van der Waals surface area contributed by atoms with Crippen molar-refractivity contribution < 1.29 is 23.1 Å². The molecule has 0 aliphatic heterocycles. The number of halogens is 3. The molecular formula is C13H16F3NO2. The normalized spacial score (nSPS) is 13.1. The SMILES string of the molecule is CCCC(Nc1ccc(C)c(C(F)(F)F)c1)C(=O)O. The van der Waals surface area contributed by atoms with Crippen LogP contribution >= 0.6 is 0 Å². The number of alkyl halides is 3. The highest BCUT2D eigenvalue weighted by Crippen LogP contribution is 2.33. The van der Waals surface area contributed by atoms with E-state index in [4.69, 9.17) is 5.11 Å². The minimum absolute atomic E-state index is 0.111. The highest BCUT2D eigenvalue weighted by molar-refractivity contribution is 5.77. The Morgan fingerprint density at radius 1 is 1.42 bits per heavy atom. The quantitative estimate of drug-likeness (QED) is 0.861. The number of aliphatic carboxylic acids is 1. The van der Waals surface area contributed by atoms with Crippen molar-refractivity contribution in [3.63, 3.8) is 0 Å². The van der Waals surface area contributed by atoms with E-state index in [1.807, 2.05) is 6.92 Å². The molecule has 2 N–H and O–H groups in total. The Balaban J connectivity index is 2.99. The molecule has 0 saturated heterocycles. The zero-order chi connectivity index (χ0) is 14.6. The van der Waals surface area contributed by atoms with Crippen LogP contribution < -0.4 is 5.32 Å². The summed E-state index contributed by atoms with van der Waals surface area (Å²) >= 11 is 0. The van der Waals surface area contributed by atoms with Gasteiger partial charge in [-0.2, -0.15) is 13.2 Å². The Kier molecular flexibility index (Phi) is 4.80. The van der Waals surface area contributed by atoms with Gasteiger partial charge in [0.2, 0.25) is 0 Å². The molecule has 19 heavy (non-hydrogen) atoms. The Morgan fingerprint density at radius 2 is 2.05 bits per heavy atom. The maximum atomic E-state index is 12.7. The third kappa shape index (κ3) is 4.15. The van der Waals surface area contributed by atoms with E-state index in [9.17, 15) is 18.0 Å². The Labute approximate surface area is 109 Å². The summed E-state index contributed by atoms with van der Waals surface area (Å²) in [5.74, 6) is -1.07. The van der Waals surface area contributed by atoms with Crippen LogP contribution in [0.25, 0.3) is 0 Å². The van der Waals surface area contributed by atoms with Crippen LogP contribution in [0.1, 0.15) is 30.9 Å². The molecule has 1 rings (SSSR count). The zero-order valence-electron chi connectivity index (χ0n) is 10.7. The molecule has 3 nitrogen and oxygen atoms in total.